The molecule has 0 saturated carbocycles. The molecule has 2 amide bonds. The van der Waals surface area contributed by atoms with E-state index >= 15 is 0 Å². The first-order valence-electron chi connectivity index (χ1n) is 10.0. The van der Waals surface area contributed by atoms with Crippen LogP contribution in [-0.4, -0.2) is 59.1 Å². The summed E-state index contributed by atoms with van der Waals surface area (Å²) in [6, 6.07) is 10.7. The molecule has 1 fully saturated rings. The number of piperazine rings is 1. The van der Waals surface area contributed by atoms with E-state index in [1.54, 1.807) is 29.3 Å². The highest BCUT2D eigenvalue weighted by atomic mass is 35.5. The third-order valence-electron chi connectivity index (χ3n) is 5.39. The highest BCUT2D eigenvalue weighted by Gasteiger charge is 2.41. The summed E-state index contributed by atoms with van der Waals surface area (Å²) in [6.07, 6.45) is 0.649. The monoisotopic (exact) mass is 474 g/mol. The van der Waals surface area contributed by atoms with Gasteiger partial charge in [-0.25, -0.2) is 0 Å². The molecule has 1 saturated heterocycles. The maximum atomic E-state index is 13.2. The number of nitrogens with two attached hydrogens (primary N) is 1. The molecule has 3 heterocycles. The van der Waals surface area contributed by atoms with Gasteiger partial charge in [-0.2, -0.15) is 0 Å². The van der Waals surface area contributed by atoms with Gasteiger partial charge in [-0.15, -0.1) is 0 Å². The number of nitrogens with zero attached hydrogens (tertiary/aromatic N) is 3. The molecule has 8 nitrogen and oxygen atoms in total. The summed E-state index contributed by atoms with van der Waals surface area (Å²) >= 11 is 7.13. The van der Waals surface area contributed by atoms with Crippen LogP contribution in [0.5, 0.6) is 5.06 Å². The lowest BCUT2D eigenvalue weighted by Crippen LogP contribution is -2.63. The zero-order valence-corrected chi connectivity index (χ0v) is 19.2. The van der Waals surface area contributed by atoms with Gasteiger partial charge in [-0.3, -0.25) is 14.6 Å². The Bertz CT molecular complexity index is 1150. The highest BCUT2D eigenvalue weighted by molar-refractivity contribution is 7.17. The SMILES string of the molecule is COC1C(=O)N(Cc2ccc3c(N)ccnc3c2)C(C)CN1C(=O)COc1ccc(Cl)s1. The average Bonchev–Trinajstić information content (AvgIpc) is 3.20. The lowest BCUT2D eigenvalue weighted by atomic mass is 10.1. The number of carbonyl (C=O) groups excluding carboxylic acids is 2. The van der Waals surface area contributed by atoms with Crippen molar-refractivity contribution in [1.82, 2.24) is 14.8 Å². The molecular weight excluding hydrogens is 452 g/mol. The predicted octanol–water partition coefficient (Wildman–Crippen LogP) is 3.14. The second-order valence-corrected chi connectivity index (χ2v) is 9.23. The highest BCUT2D eigenvalue weighted by Crippen LogP contribution is 2.28. The molecule has 2 atom stereocenters. The van der Waals surface area contributed by atoms with Crippen LogP contribution in [-0.2, 0) is 20.9 Å². The van der Waals surface area contributed by atoms with Gasteiger partial charge in [0.15, 0.2) is 11.7 Å². The van der Waals surface area contributed by atoms with E-state index in [1.165, 1.54) is 23.3 Å². The molecule has 2 N–H and O–H groups in total. The minimum Gasteiger partial charge on any atom is -0.474 e. The van der Waals surface area contributed by atoms with Gasteiger partial charge in [0.25, 0.3) is 11.8 Å². The van der Waals surface area contributed by atoms with Crippen molar-refractivity contribution in [1.29, 1.82) is 0 Å². The molecule has 0 aliphatic carbocycles. The van der Waals surface area contributed by atoms with Crippen LogP contribution < -0.4 is 10.5 Å². The molecule has 1 aromatic carbocycles. The van der Waals surface area contributed by atoms with Crippen molar-refractivity contribution in [2.24, 2.45) is 0 Å². The summed E-state index contributed by atoms with van der Waals surface area (Å²) in [5, 5.41) is 1.41. The lowest BCUT2D eigenvalue weighted by Gasteiger charge is -2.43. The van der Waals surface area contributed by atoms with E-state index in [9.17, 15) is 9.59 Å². The molecule has 0 bridgehead atoms. The Morgan fingerprint density at radius 3 is 2.84 bits per heavy atom. The van der Waals surface area contributed by atoms with E-state index in [0.717, 1.165) is 16.5 Å². The first-order chi connectivity index (χ1) is 15.4. The number of rotatable bonds is 6. The number of aromatic nitrogens is 1. The molecule has 168 valence electrons. The van der Waals surface area contributed by atoms with Crippen LogP contribution >= 0.6 is 22.9 Å². The summed E-state index contributed by atoms with van der Waals surface area (Å²) in [5.74, 6) is -0.606. The summed E-state index contributed by atoms with van der Waals surface area (Å²) in [6.45, 7) is 2.41. The molecule has 1 aliphatic heterocycles. The Morgan fingerprint density at radius 2 is 2.12 bits per heavy atom. The normalized spacial score (nSPS) is 18.9. The van der Waals surface area contributed by atoms with Crippen LogP contribution in [0.1, 0.15) is 12.5 Å². The number of methoxy groups -OCH3 is 1. The van der Waals surface area contributed by atoms with Crippen LogP contribution in [0.2, 0.25) is 4.34 Å². The van der Waals surface area contributed by atoms with Crippen molar-refractivity contribution in [3.8, 4) is 5.06 Å². The Balaban J connectivity index is 1.47. The Kier molecular flexibility index (Phi) is 6.50. The number of benzene rings is 1. The van der Waals surface area contributed by atoms with Crippen molar-refractivity contribution >= 4 is 51.3 Å². The molecule has 3 aromatic rings. The lowest BCUT2D eigenvalue weighted by molar-refractivity contribution is -0.177. The number of pyridine rings is 1. The fourth-order valence-corrected chi connectivity index (χ4v) is 4.64. The number of hydrogen-bond donors (Lipinski definition) is 1. The van der Waals surface area contributed by atoms with Crippen molar-refractivity contribution in [2.75, 3.05) is 26.0 Å². The van der Waals surface area contributed by atoms with Gasteiger partial charge in [0, 0.05) is 43.5 Å². The standard InChI is InChI=1S/C22H23ClN4O4S/c1-13-10-27(19(28)12-31-20-6-5-18(23)32-20)22(30-2)21(29)26(13)11-14-3-4-15-16(24)7-8-25-17(15)9-14/h3-9,13,22H,10-12H2,1-2H3,(H2,24,25). The maximum Gasteiger partial charge on any atom is 0.273 e. The minimum absolute atomic E-state index is 0.200. The van der Waals surface area contributed by atoms with Gasteiger partial charge in [0.2, 0.25) is 6.23 Å². The van der Waals surface area contributed by atoms with Crippen molar-refractivity contribution in [2.45, 2.75) is 25.7 Å². The van der Waals surface area contributed by atoms with E-state index in [1.807, 2.05) is 25.1 Å². The number of thiophene rings is 1. The summed E-state index contributed by atoms with van der Waals surface area (Å²) in [5.41, 5.74) is 8.35. The maximum absolute atomic E-state index is 13.2. The Labute approximate surface area is 194 Å². The van der Waals surface area contributed by atoms with E-state index in [4.69, 9.17) is 26.8 Å². The summed E-state index contributed by atoms with van der Waals surface area (Å²) in [4.78, 5) is 33.5. The topological polar surface area (TPSA) is 98.0 Å². The number of fused-ring (bicyclic) bond motifs is 1. The van der Waals surface area contributed by atoms with E-state index < -0.39 is 6.23 Å². The average molecular weight is 475 g/mol. The molecule has 10 heteroatoms. The fraction of sp³-hybridized carbons (Fsp3) is 0.318. The number of nitrogen functional groups attached to an aromatic ring is 1. The Morgan fingerprint density at radius 1 is 1.31 bits per heavy atom. The smallest absolute Gasteiger partial charge is 0.273 e. The number of amides is 2. The molecule has 0 radical (unpaired) electrons. The number of hydrogen-bond acceptors (Lipinski definition) is 7. The van der Waals surface area contributed by atoms with Crippen LogP contribution in [0.3, 0.4) is 0 Å². The molecule has 2 aromatic heterocycles. The van der Waals surface area contributed by atoms with Gasteiger partial charge < -0.3 is 25.0 Å². The van der Waals surface area contributed by atoms with Crippen LogP contribution in [0, 0.1) is 0 Å². The second-order valence-electron chi connectivity index (χ2n) is 7.55. The number of carbonyl (C=O) groups is 2. The number of anilines is 1. The van der Waals surface area contributed by atoms with Crippen LogP contribution in [0.25, 0.3) is 10.9 Å². The first kappa shape index (κ1) is 22.3. The van der Waals surface area contributed by atoms with E-state index in [0.29, 0.717) is 28.2 Å². The van der Waals surface area contributed by atoms with Gasteiger partial charge in [-0.05, 0) is 36.8 Å². The van der Waals surface area contributed by atoms with Gasteiger partial charge >= 0.3 is 0 Å². The van der Waals surface area contributed by atoms with Crippen molar-refractivity contribution in [3.05, 3.63) is 52.5 Å². The fourth-order valence-electron chi connectivity index (χ4n) is 3.77. The molecular formula is C22H23ClN4O4S. The van der Waals surface area contributed by atoms with Crippen LogP contribution in [0.4, 0.5) is 5.69 Å². The molecule has 0 spiro atoms. The van der Waals surface area contributed by atoms with Gasteiger partial charge in [0.1, 0.15) is 0 Å². The Hall–Kier alpha value is -2.88. The first-order valence-corrected chi connectivity index (χ1v) is 11.2. The second kappa shape index (κ2) is 9.32. The third-order valence-corrected chi connectivity index (χ3v) is 6.54. The molecule has 1 aliphatic rings. The van der Waals surface area contributed by atoms with Crippen LogP contribution in [0.15, 0.2) is 42.6 Å². The number of halogens is 1. The zero-order valence-electron chi connectivity index (χ0n) is 17.7. The molecule has 2 unspecified atom stereocenters. The van der Waals surface area contributed by atoms with E-state index in [2.05, 4.69) is 4.98 Å². The minimum atomic E-state index is -1.01. The summed E-state index contributed by atoms with van der Waals surface area (Å²) < 4.78 is 11.5. The largest absolute Gasteiger partial charge is 0.474 e. The molecule has 4 rings (SSSR count). The third kappa shape index (κ3) is 4.50. The molecule has 32 heavy (non-hydrogen) atoms. The van der Waals surface area contributed by atoms with Crippen molar-refractivity contribution < 1.29 is 19.1 Å². The zero-order chi connectivity index (χ0) is 22.8. The van der Waals surface area contributed by atoms with Crippen molar-refractivity contribution in [3.63, 3.8) is 0 Å². The quantitative estimate of drug-likeness (QED) is 0.589. The van der Waals surface area contributed by atoms with Gasteiger partial charge in [0.05, 0.1) is 9.85 Å². The number of ether oxygens (including phenoxy) is 2. The van der Waals surface area contributed by atoms with Gasteiger partial charge in [-0.1, -0.05) is 35.1 Å². The van der Waals surface area contributed by atoms with E-state index in [-0.39, 0.29) is 24.5 Å². The summed E-state index contributed by atoms with van der Waals surface area (Å²) in [7, 11) is 1.42. The predicted molar refractivity (Wildman–Crippen MR) is 124 cm³/mol.